The number of hydrogen-bond acceptors (Lipinski definition) is 6. The number of ether oxygens (including phenoxy) is 1. The fourth-order valence-electron chi connectivity index (χ4n) is 3.54. The van der Waals surface area contributed by atoms with Crippen molar-refractivity contribution in [3.05, 3.63) is 108 Å². The molecule has 0 bridgehead atoms. The van der Waals surface area contributed by atoms with Gasteiger partial charge in [0.05, 0.1) is 12.9 Å². The largest absolute Gasteiger partial charge is 0.497 e. The van der Waals surface area contributed by atoms with Gasteiger partial charge in [0.15, 0.2) is 5.16 Å². The predicted octanol–water partition coefficient (Wildman–Crippen LogP) is 5.81. The van der Waals surface area contributed by atoms with Gasteiger partial charge in [-0.15, -0.1) is 10.2 Å². The van der Waals surface area contributed by atoms with E-state index in [9.17, 15) is 0 Å². The normalized spacial score (nSPS) is 10.9. The van der Waals surface area contributed by atoms with Crippen molar-refractivity contribution >= 4 is 11.8 Å². The molecule has 0 saturated heterocycles. The molecule has 2 heterocycles. The third-order valence-electron chi connectivity index (χ3n) is 5.21. The highest BCUT2D eigenvalue weighted by molar-refractivity contribution is 7.98. The van der Waals surface area contributed by atoms with Crippen molar-refractivity contribution in [2.45, 2.75) is 17.3 Å². The summed E-state index contributed by atoms with van der Waals surface area (Å²) in [7, 11) is 1.65. The maximum absolute atomic E-state index is 5.59. The minimum atomic E-state index is 0.597. The molecule has 7 heteroatoms. The molecule has 164 valence electrons. The summed E-state index contributed by atoms with van der Waals surface area (Å²) in [4.78, 5) is 0. The number of methoxy groups -OCH3 is 1. The van der Waals surface area contributed by atoms with Crippen LogP contribution in [0.15, 0.2) is 101 Å². The molecule has 33 heavy (non-hydrogen) atoms. The van der Waals surface area contributed by atoms with Gasteiger partial charge in [-0.2, -0.15) is 0 Å². The lowest BCUT2D eigenvalue weighted by atomic mass is 10.1. The number of aromatic nitrogens is 4. The molecule has 0 atom stereocenters. The van der Waals surface area contributed by atoms with E-state index in [1.54, 1.807) is 18.9 Å². The second kappa shape index (κ2) is 9.75. The van der Waals surface area contributed by atoms with E-state index in [1.165, 1.54) is 5.56 Å². The van der Waals surface area contributed by atoms with Gasteiger partial charge < -0.3 is 9.26 Å². The van der Waals surface area contributed by atoms with Crippen LogP contribution in [0.25, 0.3) is 16.9 Å². The molecule has 0 spiro atoms. The monoisotopic (exact) mass is 454 g/mol. The van der Waals surface area contributed by atoms with Gasteiger partial charge in [0.2, 0.25) is 0 Å². The Balaban J connectivity index is 1.37. The molecule has 5 rings (SSSR count). The molecule has 0 unspecified atom stereocenters. The van der Waals surface area contributed by atoms with Crippen molar-refractivity contribution in [3.8, 4) is 22.7 Å². The fourth-order valence-corrected chi connectivity index (χ4v) is 4.38. The molecule has 0 aliphatic carbocycles. The number of nitrogens with zero attached hydrogens (tertiary/aromatic N) is 4. The summed E-state index contributed by atoms with van der Waals surface area (Å²) in [5, 5.41) is 14.0. The topological polar surface area (TPSA) is 66.0 Å². The SMILES string of the molecule is COc1ccc(-c2cc(CSc3nnc(Cc4ccccc4)n3-c3ccccc3)on2)cc1. The van der Waals surface area contributed by atoms with Crippen LogP contribution in [-0.2, 0) is 12.2 Å². The quantitative estimate of drug-likeness (QED) is 0.276. The zero-order chi connectivity index (χ0) is 22.5. The molecule has 6 nitrogen and oxygen atoms in total. The minimum absolute atomic E-state index is 0.597. The molecular formula is C26H22N4O2S. The second-order valence-electron chi connectivity index (χ2n) is 7.43. The number of rotatable bonds is 8. The number of benzene rings is 3. The Morgan fingerprint density at radius 1 is 0.879 bits per heavy atom. The summed E-state index contributed by atoms with van der Waals surface area (Å²) in [6.07, 6.45) is 0.702. The van der Waals surface area contributed by atoms with Crippen LogP contribution in [-0.4, -0.2) is 27.0 Å². The zero-order valence-corrected chi connectivity index (χ0v) is 18.9. The molecule has 0 amide bonds. The van der Waals surface area contributed by atoms with E-state index in [2.05, 4.69) is 44.2 Å². The molecule has 0 aliphatic rings. The third kappa shape index (κ3) is 4.83. The Morgan fingerprint density at radius 2 is 1.61 bits per heavy atom. The molecular weight excluding hydrogens is 432 g/mol. The van der Waals surface area contributed by atoms with Gasteiger partial charge in [0.1, 0.15) is 23.0 Å². The lowest BCUT2D eigenvalue weighted by Crippen LogP contribution is -2.03. The first-order valence-electron chi connectivity index (χ1n) is 10.6. The molecule has 3 aromatic carbocycles. The highest BCUT2D eigenvalue weighted by Gasteiger charge is 2.16. The van der Waals surface area contributed by atoms with Crippen LogP contribution < -0.4 is 4.74 Å². The predicted molar refractivity (Wildman–Crippen MR) is 129 cm³/mol. The van der Waals surface area contributed by atoms with E-state index in [1.807, 2.05) is 66.7 Å². The molecule has 0 saturated carbocycles. The van der Waals surface area contributed by atoms with Gasteiger partial charge in [0, 0.05) is 23.7 Å². The molecule has 0 aliphatic heterocycles. The smallest absolute Gasteiger partial charge is 0.196 e. The molecule has 0 radical (unpaired) electrons. The van der Waals surface area contributed by atoms with Crippen LogP contribution >= 0.6 is 11.8 Å². The Morgan fingerprint density at radius 3 is 2.33 bits per heavy atom. The van der Waals surface area contributed by atoms with Crippen molar-refractivity contribution in [1.29, 1.82) is 0 Å². The number of thioether (sulfide) groups is 1. The summed E-state index contributed by atoms with van der Waals surface area (Å²) in [5.74, 6) is 3.08. The van der Waals surface area contributed by atoms with Crippen molar-refractivity contribution in [2.75, 3.05) is 7.11 Å². The lowest BCUT2D eigenvalue weighted by molar-refractivity contribution is 0.397. The van der Waals surface area contributed by atoms with Crippen LogP contribution in [0.1, 0.15) is 17.1 Å². The van der Waals surface area contributed by atoms with Crippen molar-refractivity contribution < 1.29 is 9.26 Å². The van der Waals surface area contributed by atoms with Gasteiger partial charge in [0.25, 0.3) is 0 Å². The van der Waals surface area contributed by atoms with E-state index < -0.39 is 0 Å². The first kappa shape index (κ1) is 21.0. The lowest BCUT2D eigenvalue weighted by Gasteiger charge is -2.10. The maximum atomic E-state index is 5.59. The molecule has 0 N–H and O–H groups in total. The average Bonchev–Trinajstić information content (AvgIpc) is 3.51. The Bertz CT molecular complexity index is 1320. The Labute approximate surface area is 196 Å². The second-order valence-corrected chi connectivity index (χ2v) is 8.37. The van der Waals surface area contributed by atoms with E-state index in [0.717, 1.165) is 39.4 Å². The number of hydrogen-bond donors (Lipinski definition) is 0. The summed E-state index contributed by atoms with van der Waals surface area (Å²) in [6.45, 7) is 0. The van der Waals surface area contributed by atoms with Crippen molar-refractivity contribution in [1.82, 2.24) is 19.9 Å². The van der Waals surface area contributed by atoms with Gasteiger partial charge in [-0.3, -0.25) is 4.57 Å². The third-order valence-corrected chi connectivity index (χ3v) is 6.16. The van der Waals surface area contributed by atoms with Crippen LogP contribution in [0.3, 0.4) is 0 Å². The Kier molecular flexibility index (Phi) is 6.21. The van der Waals surface area contributed by atoms with Crippen molar-refractivity contribution in [2.24, 2.45) is 0 Å². The van der Waals surface area contributed by atoms with Gasteiger partial charge in [-0.25, -0.2) is 0 Å². The van der Waals surface area contributed by atoms with E-state index in [4.69, 9.17) is 9.26 Å². The first-order valence-corrected chi connectivity index (χ1v) is 11.5. The summed E-state index contributed by atoms with van der Waals surface area (Å²) in [5.41, 5.74) is 4.00. The maximum Gasteiger partial charge on any atom is 0.196 e. The van der Waals surface area contributed by atoms with E-state index in [-0.39, 0.29) is 0 Å². The first-order chi connectivity index (χ1) is 16.3. The van der Waals surface area contributed by atoms with Gasteiger partial charge >= 0.3 is 0 Å². The molecule has 5 aromatic rings. The molecule has 0 fully saturated rings. The van der Waals surface area contributed by atoms with E-state index >= 15 is 0 Å². The van der Waals surface area contributed by atoms with Gasteiger partial charge in [-0.1, -0.05) is 65.4 Å². The number of para-hydroxylation sites is 1. The highest BCUT2D eigenvalue weighted by atomic mass is 32.2. The Hall–Kier alpha value is -3.84. The average molecular weight is 455 g/mol. The summed E-state index contributed by atoms with van der Waals surface area (Å²) in [6, 6.07) is 30.2. The minimum Gasteiger partial charge on any atom is -0.497 e. The summed E-state index contributed by atoms with van der Waals surface area (Å²) < 4.78 is 12.9. The van der Waals surface area contributed by atoms with E-state index in [0.29, 0.717) is 12.2 Å². The fraction of sp³-hybridized carbons (Fsp3) is 0.115. The van der Waals surface area contributed by atoms with Crippen molar-refractivity contribution in [3.63, 3.8) is 0 Å². The molecule has 2 aromatic heterocycles. The van der Waals surface area contributed by atoms with Gasteiger partial charge in [-0.05, 0) is 42.0 Å². The van der Waals surface area contributed by atoms with Crippen LogP contribution in [0.4, 0.5) is 0 Å². The van der Waals surface area contributed by atoms with Crippen LogP contribution in [0, 0.1) is 0 Å². The highest BCUT2D eigenvalue weighted by Crippen LogP contribution is 2.28. The van der Waals surface area contributed by atoms with Crippen LogP contribution in [0.2, 0.25) is 0 Å². The zero-order valence-electron chi connectivity index (χ0n) is 18.1. The standard InChI is InChI=1S/C26H22N4O2S/c1-31-22-14-12-20(13-15-22)24-17-23(32-29-24)18-33-26-28-27-25(16-19-8-4-2-5-9-19)30(26)21-10-6-3-7-11-21/h2-15,17H,16,18H2,1H3. The van der Waals surface area contributed by atoms with Crippen LogP contribution in [0.5, 0.6) is 5.75 Å². The summed E-state index contributed by atoms with van der Waals surface area (Å²) >= 11 is 1.58.